The second kappa shape index (κ2) is 5.18. The molecule has 0 aliphatic carbocycles. The van der Waals surface area contributed by atoms with Gasteiger partial charge in [0.25, 0.3) is 0 Å². The summed E-state index contributed by atoms with van der Waals surface area (Å²) in [6, 6.07) is 24.0. The molecule has 0 spiro atoms. The molecule has 2 nitrogen and oxygen atoms in total. The van der Waals surface area contributed by atoms with Crippen molar-refractivity contribution >= 4 is 27.1 Å². The van der Waals surface area contributed by atoms with E-state index in [2.05, 4.69) is 102 Å². The molecule has 25 heavy (non-hydrogen) atoms. The Balaban J connectivity index is 2.06. The molecule has 5 rings (SSSR count). The number of hydrogen-bond donors (Lipinski definition) is 0. The first kappa shape index (κ1) is 14.2. The molecule has 0 fully saturated rings. The van der Waals surface area contributed by atoms with Gasteiger partial charge in [-0.15, -0.1) is 0 Å². The zero-order valence-corrected chi connectivity index (χ0v) is 14.4. The Hall–Kier alpha value is -3.13. The fourth-order valence-corrected chi connectivity index (χ4v) is 3.92. The van der Waals surface area contributed by atoms with Gasteiger partial charge < -0.3 is 0 Å². The van der Waals surface area contributed by atoms with E-state index < -0.39 is 0 Å². The third kappa shape index (κ3) is 2.07. The number of aromatic nitrogens is 2. The molecule has 3 aromatic carbocycles. The number of nitrogens with zero attached hydrogens (tertiary/aromatic N) is 2. The van der Waals surface area contributed by atoms with Crippen LogP contribution < -0.4 is 4.57 Å². The normalized spacial score (nSPS) is 11.6. The van der Waals surface area contributed by atoms with E-state index in [-0.39, 0.29) is 0 Å². The molecule has 5 aromatic rings. The summed E-state index contributed by atoms with van der Waals surface area (Å²) in [7, 11) is 2.08. The molecule has 2 heteroatoms. The lowest BCUT2D eigenvalue weighted by atomic mass is 9.94. The van der Waals surface area contributed by atoms with Crippen LogP contribution in [0.3, 0.4) is 0 Å². The third-order valence-corrected chi connectivity index (χ3v) is 5.05. The number of rotatable bonds is 1. The molecule has 2 heterocycles. The van der Waals surface area contributed by atoms with Crippen LogP contribution in [0.5, 0.6) is 0 Å². The van der Waals surface area contributed by atoms with Gasteiger partial charge in [-0.3, -0.25) is 0 Å². The number of aryl methyl sites for hydroxylation is 2. The average Bonchev–Trinajstić information content (AvgIpc) is 3.00. The van der Waals surface area contributed by atoms with Crippen molar-refractivity contribution in [1.82, 2.24) is 4.40 Å². The lowest BCUT2D eigenvalue weighted by molar-refractivity contribution is -0.669. The van der Waals surface area contributed by atoms with Crippen molar-refractivity contribution in [2.24, 2.45) is 7.05 Å². The van der Waals surface area contributed by atoms with Gasteiger partial charge in [0.2, 0.25) is 6.33 Å². The minimum atomic E-state index is 1.21. The van der Waals surface area contributed by atoms with E-state index >= 15 is 0 Å². The van der Waals surface area contributed by atoms with E-state index in [9.17, 15) is 0 Å². The average molecular weight is 323 g/mol. The van der Waals surface area contributed by atoms with Gasteiger partial charge in [0.15, 0.2) is 5.52 Å². The highest BCUT2D eigenvalue weighted by Crippen LogP contribution is 2.36. The Morgan fingerprint density at radius 2 is 1.52 bits per heavy atom. The van der Waals surface area contributed by atoms with Crippen LogP contribution in [-0.4, -0.2) is 4.40 Å². The fourth-order valence-electron chi connectivity index (χ4n) is 3.92. The smallest absolute Gasteiger partial charge is 0.239 e. The lowest BCUT2D eigenvalue weighted by Gasteiger charge is -2.12. The summed E-state index contributed by atoms with van der Waals surface area (Å²) in [4.78, 5) is 0. The van der Waals surface area contributed by atoms with Crippen molar-refractivity contribution in [3.63, 3.8) is 0 Å². The lowest BCUT2D eigenvalue weighted by Crippen LogP contribution is -2.23. The van der Waals surface area contributed by atoms with Crippen LogP contribution in [0.4, 0.5) is 0 Å². The van der Waals surface area contributed by atoms with E-state index in [4.69, 9.17) is 0 Å². The van der Waals surface area contributed by atoms with Gasteiger partial charge in [0.1, 0.15) is 11.9 Å². The van der Waals surface area contributed by atoms with Gasteiger partial charge in [-0.25, -0.2) is 4.57 Å². The summed E-state index contributed by atoms with van der Waals surface area (Å²) in [5, 5.41) is 5.14. The van der Waals surface area contributed by atoms with Crippen LogP contribution in [0.1, 0.15) is 5.56 Å². The molecular weight excluding hydrogens is 304 g/mol. The Bertz CT molecular complexity index is 1260. The standard InChI is InChI=1S/C23H19N2/c1-16-11-12-17-7-3-5-9-20(17)22(16)23-21-10-6-4-8-18(21)13-19-14-24(2)15-25(19)23/h3-15H,1-2H3/q+1. The van der Waals surface area contributed by atoms with Gasteiger partial charge in [0, 0.05) is 10.9 Å². The second-order valence-electron chi connectivity index (χ2n) is 6.76. The maximum absolute atomic E-state index is 2.32. The predicted molar refractivity (Wildman–Crippen MR) is 104 cm³/mol. The highest BCUT2D eigenvalue weighted by molar-refractivity contribution is 6.06. The summed E-state index contributed by atoms with van der Waals surface area (Å²) in [5.74, 6) is 0. The summed E-state index contributed by atoms with van der Waals surface area (Å²) in [6.45, 7) is 2.21. The zero-order chi connectivity index (χ0) is 17.0. The summed E-state index contributed by atoms with van der Waals surface area (Å²) in [6.07, 6.45) is 4.34. The number of fused-ring (bicyclic) bond motifs is 3. The van der Waals surface area contributed by atoms with Crippen molar-refractivity contribution in [1.29, 1.82) is 0 Å². The van der Waals surface area contributed by atoms with E-state index in [1.54, 1.807) is 0 Å². The fraction of sp³-hybridized carbons (Fsp3) is 0.0870. The number of hydrogen-bond acceptors (Lipinski definition) is 0. The molecule has 0 N–H and O–H groups in total. The molecule has 2 aromatic heterocycles. The Kier molecular flexibility index (Phi) is 2.95. The van der Waals surface area contributed by atoms with E-state index in [1.165, 1.54) is 43.9 Å². The maximum atomic E-state index is 2.32. The van der Waals surface area contributed by atoms with E-state index in [1.807, 2.05) is 0 Å². The number of imidazole rings is 1. The minimum absolute atomic E-state index is 1.21. The quantitative estimate of drug-likeness (QED) is 0.382. The zero-order valence-electron chi connectivity index (χ0n) is 14.4. The molecule has 0 radical (unpaired) electrons. The van der Waals surface area contributed by atoms with Gasteiger partial charge >= 0.3 is 0 Å². The molecule has 0 saturated carbocycles. The van der Waals surface area contributed by atoms with Crippen LogP contribution in [0, 0.1) is 6.92 Å². The molecule has 0 atom stereocenters. The van der Waals surface area contributed by atoms with E-state index in [0.29, 0.717) is 0 Å². The molecule has 0 amide bonds. The van der Waals surface area contributed by atoms with Crippen molar-refractivity contribution in [3.05, 3.63) is 84.8 Å². The van der Waals surface area contributed by atoms with Crippen LogP contribution in [0.15, 0.2) is 79.3 Å². The number of pyridine rings is 1. The highest BCUT2D eigenvalue weighted by Gasteiger charge is 2.19. The molecule has 0 unspecified atom stereocenters. The first-order valence-corrected chi connectivity index (χ1v) is 8.60. The van der Waals surface area contributed by atoms with E-state index in [0.717, 1.165) is 0 Å². The Labute approximate surface area is 146 Å². The molecular formula is C23H19N2+. The topological polar surface area (TPSA) is 8.29 Å². The van der Waals surface area contributed by atoms with Crippen molar-refractivity contribution in [2.45, 2.75) is 6.92 Å². The van der Waals surface area contributed by atoms with Crippen molar-refractivity contribution < 1.29 is 4.57 Å². The third-order valence-electron chi connectivity index (χ3n) is 5.05. The molecule has 0 bridgehead atoms. The summed E-state index contributed by atoms with van der Waals surface area (Å²) in [5.41, 5.74) is 5.09. The van der Waals surface area contributed by atoms with Crippen molar-refractivity contribution in [3.8, 4) is 11.3 Å². The Morgan fingerprint density at radius 3 is 2.36 bits per heavy atom. The van der Waals surface area contributed by atoms with Crippen LogP contribution in [-0.2, 0) is 7.05 Å². The van der Waals surface area contributed by atoms with Gasteiger partial charge in [-0.1, -0.05) is 60.7 Å². The van der Waals surface area contributed by atoms with Crippen LogP contribution in [0.2, 0.25) is 0 Å². The van der Waals surface area contributed by atoms with Crippen LogP contribution >= 0.6 is 0 Å². The first-order valence-electron chi connectivity index (χ1n) is 8.60. The molecule has 120 valence electrons. The summed E-state index contributed by atoms with van der Waals surface area (Å²) < 4.78 is 4.44. The molecule has 0 saturated heterocycles. The maximum Gasteiger partial charge on any atom is 0.249 e. The van der Waals surface area contributed by atoms with Crippen molar-refractivity contribution in [2.75, 3.05) is 0 Å². The van der Waals surface area contributed by atoms with Gasteiger partial charge in [-0.05, 0) is 34.7 Å². The van der Waals surface area contributed by atoms with Gasteiger partial charge in [-0.2, -0.15) is 4.40 Å². The van der Waals surface area contributed by atoms with Gasteiger partial charge in [0.05, 0.1) is 7.05 Å². The SMILES string of the molecule is Cc1ccc2ccccc2c1-c1c2ccccc2cc2c[n+](C)cn12. The Morgan fingerprint density at radius 1 is 0.800 bits per heavy atom. The largest absolute Gasteiger partial charge is 0.249 e. The second-order valence-corrected chi connectivity index (χ2v) is 6.76. The minimum Gasteiger partial charge on any atom is -0.239 e. The predicted octanol–water partition coefficient (Wildman–Crippen LogP) is 5.05. The monoisotopic (exact) mass is 323 g/mol. The molecule has 0 aliphatic heterocycles. The summed E-state index contributed by atoms with van der Waals surface area (Å²) >= 11 is 0. The molecule has 0 aliphatic rings. The van der Waals surface area contributed by atoms with Crippen LogP contribution in [0.25, 0.3) is 38.3 Å². The number of benzene rings is 3. The first-order chi connectivity index (χ1) is 12.2. The highest BCUT2D eigenvalue weighted by atomic mass is 15.1.